The Bertz CT molecular complexity index is 324. The number of nitrogens with zero attached hydrogens (tertiary/aromatic N) is 2. The van der Waals surface area contributed by atoms with Crippen molar-refractivity contribution in [1.82, 2.24) is 9.80 Å². The van der Waals surface area contributed by atoms with Crippen LogP contribution in [0.25, 0.3) is 0 Å². The molecule has 1 N–H and O–H groups in total. The molecular formula is C11H17BrN2OS. The topological polar surface area (TPSA) is 26.7 Å². The fraction of sp³-hybridized carbons (Fsp3) is 0.636. The summed E-state index contributed by atoms with van der Waals surface area (Å²) >= 11 is 5.24. The Morgan fingerprint density at radius 2 is 1.94 bits per heavy atom. The molecule has 0 aliphatic carbocycles. The summed E-state index contributed by atoms with van der Waals surface area (Å²) in [5, 5.41) is 11.1. The number of hydrogen-bond donors (Lipinski definition) is 1. The first-order valence-electron chi connectivity index (χ1n) is 5.56. The van der Waals surface area contributed by atoms with E-state index in [1.807, 2.05) is 0 Å². The van der Waals surface area contributed by atoms with Gasteiger partial charge in [0.2, 0.25) is 0 Å². The summed E-state index contributed by atoms with van der Waals surface area (Å²) in [4.78, 5) is 4.79. The molecule has 0 atom stereocenters. The van der Waals surface area contributed by atoms with Gasteiger partial charge in [-0.25, -0.2) is 0 Å². The van der Waals surface area contributed by atoms with Crippen LogP contribution in [0.3, 0.4) is 0 Å². The van der Waals surface area contributed by atoms with Crippen LogP contribution in [-0.4, -0.2) is 54.2 Å². The summed E-state index contributed by atoms with van der Waals surface area (Å²) in [6.45, 7) is 6.50. The van der Waals surface area contributed by atoms with Crippen molar-refractivity contribution in [3.63, 3.8) is 0 Å². The quantitative estimate of drug-likeness (QED) is 0.916. The number of aliphatic hydroxyl groups is 1. The Kier molecular flexibility index (Phi) is 4.79. The third-order valence-corrected chi connectivity index (χ3v) is 4.46. The first kappa shape index (κ1) is 12.5. The van der Waals surface area contributed by atoms with Crippen molar-refractivity contribution in [2.24, 2.45) is 0 Å². The average molecular weight is 305 g/mol. The molecule has 5 heteroatoms. The molecule has 3 nitrogen and oxygen atoms in total. The van der Waals surface area contributed by atoms with Gasteiger partial charge in [-0.15, -0.1) is 11.3 Å². The molecule has 0 spiro atoms. The van der Waals surface area contributed by atoms with Crippen molar-refractivity contribution >= 4 is 27.3 Å². The highest BCUT2D eigenvalue weighted by molar-refractivity contribution is 9.11. The van der Waals surface area contributed by atoms with Gasteiger partial charge in [0.05, 0.1) is 10.4 Å². The van der Waals surface area contributed by atoms with Gasteiger partial charge in [0.15, 0.2) is 0 Å². The summed E-state index contributed by atoms with van der Waals surface area (Å²) in [5.74, 6) is 0. The highest BCUT2D eigenvalue weighted by Gasteiger charge is 2.16. The first-order valence-corrected chi connectivity index (χ1v) is 7.23. The van der Waals surface area contributed by atoms with Gasteiger partial charge in [-0.2, -0.15) is 0 Å². The summed E-state index contributed by atoms with van der Waals surface area (Å²) in [7, 11) is 0. The molecule has 0 bridgehead atoms. The molecule has 1 fully saturated rings. The van der Waals surface area contributed by atoms with E-state index in [4.69, 9.17) is 5.11 Å². The Morgan fingerprint density at radius 3 is 2.50 bits per heavy atom. The van der Waals surface area contributed by atoms with Crippen LogP contribution in [0.1, 0.15) is 5.56 Å². The number of aliphatic hydroxyl groups excluding tert-OH is 1. The van der Waals surface area contributed by atoms with Crippen LogP contribution >= 0.6 is 27.3 Å². The monoisotopic (exact) mass is 304 g/mol. The molecule has 1 aliphatic heterocycles. The third kappa shape index (κ3) is 3.53. The Balaban J connectivity index is 1.77. The molecule has 2 rings (SSSR count). The van der Waals surface area contributed by atoms with Gasteiger partial charge in [-0.3, -0.25) is 9.80 Å². The van der Waals surface area contributed by atoms with Crippen molar-refractivity contribution in [2.45, 2.75) is 6.54 Å². The highest BCUT2D eigenvalue weighted by atomic mass is 79.9. The predicted molar refractivity (Wildman–Crippen MR) is 70.8 cm³/mol. The SMILES string of the molecule is OCCN1CCN(Cc2csc(Br)c2)CC1. The normalized spacial score (nSPS) is 19.1. The average Bonchev–Trinajstić information content (AvgIpc) is 2.67. The van der Waals surface area contributed by atoms with Gasteiger partial charge in [0, 0.05) is 39.3 Å². The number of β-amino-alcohol motifs (C(OH)–C–C–N with tert-alkyl or cyclic N) is 1. The van der Waals surface area contributed by atoms with Crippen LogP contribution in [0.5, 0.6) is 0 Å². The molecule has 16 heavy (non-hydrogen) atoms. The smallest absolute Gasteiger partial charge is 0.0701 e. The molecule has 1 aromatic heterocycles. The van der Waals surface area contributed by atoms with Gasteiger partial charge in [-0.1, -0.05) is 0 Å². The zero-order chi connectivity index (χ0) is 11.4. The van der Waals surface area contributed by atoms with E-state index in [-0.39, 0.29) is 6.61 Å². The second-order valence-corrected chi connectivity index (χ2v) is 6.39. The number of thiophene rings is 1. The van der Waals surface area contributed by atoms with Crippen LogP contribution in [0, 0.1) is 0 Å². The number of hydrogen-bond acceptors (Lipinski definition) is 4. The molecule has 0 unspecified atom stereocenters. The lowest BCUT2D eigenvalue weighted by molar-refractivity contribution is 0.108. The largest absolute Gasteiger partial charge is 0.395 e. The molecule has 1 aliphatic rings. The van der Waals surface area contributed by atoms with Crippen molar-refractivity contribution < 1.29 is 5.11 Å². The van der Waals surface area contributed by atoms with E-state index in [2.05, 4.69) is 37.2 Å². The summed E-state index contributed by atoms with van der Waals surface area (Å²) < 4.78 is 1.21. The van der Waals surface area contributed by atoms with E-state index in [9.17, 15) is 0 Å². The maximum atomic E-state index is 8.86. The van der Waals surface area contributed by atoms with Crippen LogP contribution in [0.2, 0.25) is 0 Å². The van der Waals surface area contributed by atoms with E-state index in [0.717, 1.165) is 39.3 Å². The van der Waals surface area contributed by atoms with Crippen LogP contribution in [-0.2, 0) is 6.54 Å². The zero-order valence-corrected chi connectivity index (χ0v) is 11.6. The Morgan fingerprint density at radius 1 is 1.25 bits per heavy atom. The van der Waals surface area contributed by atoms with Crippen LogP contribution in [0.15, 0.2) is 15.2 Å². The minimum Gasteiger partial charge on any atom is -0.395 e. The van der Waals surface area contributed by atoms with Gasteiger partial charge in [-0.05, 0) is 32.9 Å². The molecule has 1 aromatic rings. The van der Waals surface area contributed by atoms with Crippen molar-refractivity contribution in [3.05, 3.63) is 20.8 Å². The molecule has 0 saturated carbocycles. The van der Waals surface area contributed by atoms with E-state index in [1.54, 1.807) is 11.3 Å². The van der Waals surface area contributed by atoms with E-state index >= 15 is 0 Å². The first-order chi connectivity index (χ1) is 7.78. The van der Waals surface area contributed by atoms with Crippen molar-refractivity contribution in [2.75, 3.05) is 39.3 Å². The minimum atomic E-state index is 0.275. The molecule has 1 saturated heterocycles. The Labute approximate surface area is 109 Å². The summed E-state index contributed by atoms with van der Waals surface area (Å²) in [6.07, 6.45) is 0. The maximum Gasteiger partial charge on any atom is 0.0701 e. The summed E-state index contributed by atoms with van der Waals surface area (Å²) in [5.41, 5.74) is 1.40. The van der Waals surface area contributed by atoms with E-state index < -0.39 is 0 Å². The van der Waals surface area contributed by atoms with Gasteiger partial charge in [0.25, 0.3) is 0 Å². The molecule has 0 radical (unpaired) electrons. The fourth-order valence-corrected chi connectivity index (χ4v) is 3.20. The summed E-state index contributed by atoms with van der Waals surface area (Å²) in [6, 6.07) is 2.20. The third-order valence-electron chi connectivity index (χ3n) is 2.91. The molecular weight excluding hydrogens is 288 g/mol. The Hall–Kier alpha value is 0.0600. The van der Waals surface area contributed by atoms with Crippen LogP contribution < -0.4 is 0 Å². The standard InChI is InChI=1S/C11H17BrN2OS/c12-11-7-10(9-16-11)8-14-3-1-13(2-4-14)5-6-15/h7,9,15H,1-6,8H2. The molecule has 2 heterocycles. The highest BCUT2D eigenvalue weighted by Crippen LogP contribution is 2.22. The molecule has 0 aromatic carbocycles. The minimum absolute atomic E-state index is 0.275. The lowest BCUT2D eigenvalue weighted by Gasteiger charge is -2.34. The number of piperazine rings is 1. The second kappa shape index (κ2) is 6.12. The van der Waals surface area contributed by atoms with E-state index in [1.165, 1.54) is 9.35 Å². The predicted octanol–water partition coefficient (Wildman–Crippen LogP) is 1.62. The number of rotatable bonds is 4. The zero-order valence-electron chi connectivity index (χ0n) is 9.23. The second-order valence-electron chi connectivity index (χ2n) is 4.10. The van der Waals surface area contributed by atoms with Gasteiger partial charge < -0.3 is 5.11 Å². The maximum absolute atomic E-state index is 8.86. The molecule has 0 amide bonds. The molecule has 90 valence electrons. The van der Waals surface area contributed by atoms with E-state index in [0.29, 0.717) is 0 Å². The van der Waals surface area contributed by atoms with Crippen molar-refractivity contribution in [3.8, 4) is 0 Å². The van der Waals surface area contributed by atoms with Crippen molar-refractivity contribution in [1.29, 1.82) is 0 Å². The number of halogens is 1. The lowest BCUT2D eigenvalue weighted by atomic mass is 10.2. The lowest BCUT2D eigenvalue weighted by Crippen LogP contribution is -2.46. The van der Waals surface area contributed by atoms with Crippen LogP contribution in [0.4, 0.5) is 0 Å². The van der Waals surface area contributed by atoms with Gasteiger partial charge >= 0.3 is 0 Å². The van der Waals surface area contributed by atoms with Gasteiger partial charge in [0.1, 0.15) is 0 Å². The fourth-order valence-electron chi connectivity index (χ4n) is 2.00.